The predicted molar refractivity (Wildman–Crippen MR) is 52.5 cm³/mol. The van der Waals surface area contributed by atoms with Gasteiger partial charge in [-0.05, 0) is 25.7 Å². The van der Waals surface area contributed by atoms with Gasteiger partial charge >= 0.3 is 0 Å². The molecule has 78 valence electrons. The Labute approximate surface area is 80.3 Å². The number of ether oxygens (including phenoxy) is 1. The van der Waals surface area contributed by atoms with Gasteiger partial charge in [0, 0.05) is 6.61 Å². The molecular weight excluding hydrogens is 166 g/mol. The van der Waals surface area contributed by atoms with E-state index in [0.717, 1.165) is 12.5 Å². The van der Waals surface area contributed by atoms with Crippen molar-refractivity contribution in [3.8, 4) is 0 Å². The van der Waals surface area contributed by atoms with Gasteiger partial charge in [-0.1, -0.05) is 12.8 Å². The van der Waals surface area contributed by atoms with E-state index in [1.807, 2.05) is 6.92 Å². The highest BCUT2D eigenvalue weighted by atomic mass is 16.5. The second-order valence-corrected chi connectivity index (χ2v) is 4.48. The zero-order valence-electron chi connectivity index (χ0n) is 8.46. The molecule has 1 atom stereocenters. The molecule has 13 heavy (non-hydrogen) atoms. The summed E-state index contributed by atoms with van der Waals surface area (Å²) in [6.45, 7) is 3.06. The summed E-state index contributed by atoms with van der Waals surface area (Å²) in [4.78, 5) is 0. The van der Waals surface area contributed by atoms with Gasteiger partial charge in [-0.15, -0.1) is 0 Å². The first-order valence-corrected chi connectivity index (χ1v) is 5.11. The molecule has 1 saturated carbocycles. The summed E-state index contributed by atoms with van der Waals surface area (Å²) in [5.74, 6) is 0.731. The molecule has 0 radical (unpaired) electrons. The van der Waals surface area contributed by atoms with E-state index < -0.39 is 5.54 Å². The normalized spacial score (nSPS) is 23.3. The molecule has 0 bridgehead atoms. The van der Waals surface area contributed by atoms with Gasteiger partial charge in [-0.2, -0.15) is 0 Å². The second kappa shape index (κ2) is 4.94. The van der Waals surface area contributed by atoms with E-state index in [2.05, 4.69) is 0 Å². The van der Waals surface area contributed by atoms with Crippen LogP contribution in [-0.4, -0.2) is 30.5 Å². The minimum absolute atomic E-state index is 0.0162. The molecule has 0 saturated heterocycles. The molecule has 3 N–H and O–H groups in total. The largest absolute Gasteiger partial charge is 0.394 e. The average Bonchev–Trinajstić information content (AvgIpc) is 2.57. The van der Waals surface area contributed by atoms with Gasteiger partial charge in [0.25, 0.3) is 0 Å². The van der Waals surface area contributed by atoms with Crippen molar-refractivity contribution in [2.24, 2.45) is 11.7 Å². The first kappa shape index (κ1) is 11.0. The van der Waals surface area contributed by atoms with E-state index >= 15 is 0 Å². The Morgan fingerprint density at radius 3 is 2.62 bits per heavy atom. The molecule has 0 heterocycles. The molecular formula is C10H21NO2. The van der Waals surface area contributed by atoms with Crippen molar-refractivity contribution in [1.29, 1.82) is 0 Å². The molecule has 1 aliphatic rings. The Morgan fingerprint density at radius 2 is 2.08 bits per heavy atom. The lowest BCUT2D eigenvalue weighted by Gasteiger charge is -2.22. The molecule has 0 aromatic carbocycles. The summed E-state index contributed by atoms with van der Waals surface area (Å²) in [5.41, 5.74) is 5.15. The number of aliphatic hydroxyl groups is 1. The van der Waals surface area contributed by atoms with Crippen LogP contribution in [0.4, 0.5) is 0 Å². The number of aliphatic hydroxyl groups excluding tert-OH is 1. The fourth-order valence-corrected chi connectivity index (χ4v) is 1.68. The predicted octanol–water partition coefficient (Wildman–Crippen LogP) is 0.903. The molecule has 0 aliphatic heterocycles. The van der Waals surface area contributed by atoms with Crippen LogP contribution in [0.1, 0.15) is 32.6 Å². The molecule has 3 heteroatoms. The van der Waals surface area contributed by atoms with Crippen LogP contribution in [-0.2, 0) is 4.74 Å². The lowest BCUT2D eigenvalue weighted by Crippen LogP contribution is -2.45. The third-order valence-electron chi connectivity index (χ3n) is 2.62. The van der Waals surface area contributed by atoms with Crippen LogP contribution in [0.2, 0.25) is 0 Å². The Morgan fingerprint density at radius 1 is 1.46 bits per heavy atom. The molecule has 0 amide bonds. The van der Waals surface area contributed by atoms with Gasteiger partial charge in [0.1, 0.15) is 0 Å². The van der Waals surface area contributed by atoms with Crippen LogP contribution >= 0.6 is 0 Å². The molecule has 0 aromatic rings. The second-order valence-electron chi connectivity index (χ2n) is 4.48. The zero-order chi connectivity index (χ0) is 9.73. The molecule has 0 aromatic heterocycles. The average molecular weight is 187 g/mol. The summed E-state index contributed by atoms with van der Waals surface area (Å²) in [7, 11) is 0. The van der Waals surface area contributed by atoms with Gasteiger partial charge in [-0.25, -0.2) is 0 Å². The van der Waals surface area contributed by atoms with E-state index in [9.17, 15) is 0 Å². The van der Waals surface area contributed by atoms with Crippen LogP contribution in [0.5, 0.6) is 0 Å². The maximum absolute atomic E-state index is 8.88. The number of hydrogen-bond acceptors (Lipinski definition) is 3. The van der Waals surface area contributed by atoms with Crippen molar-refractivity contribution in [2.45, 2.75) is 38.1 Å². The van der Waals surface area contributed by atoms with Gasteiger partial charge in [0.15, 0.2) is 0 Å². The quantitative estimate of drug-likeness (QED) is 0.672. The topological polar surface area (TPSA) is 55.5 Å². The van der Waals surface area contributed by atoms with E-state index in [1.165, 1.54) is 25.7 Å². The summed E-state index contributed by atoms with van der Waals surface area (Å²) in [5, 5.41) is 8.88. The smallest absolute Gasteiger partial charge is 0.0666 e. The van der Waals surface area contributed by atoms with E-state index in [4.69, 9.17) is 15.6 Å². The lowest BCUT2D eigenvalue weighted by molar-refractivity contribution is 0.0445. The van der Waals surface area contributed by atoms with Crippen molar-refractivity contribution in [1.82, 2.24) is 0 Å². The van der Waals surface area contributed by atoms with Gasteiger partial charge < -0.3 is 15.6 Å². The number of hydrogen-bond donors (Lipinski definition) is 2. The molecule has 1 rings (SSSR count). The maximum atomic E-state index is 8.88. The highest BCUT2D eigenvalue weighted by Gasteiger charge is 2.19. The van der Waals surface area contributed by atoms with Crippen LogP contribution in [0, 0.1) is 5.92 Å². The van der Waals surface area contributed by atoms with E-state index in [0.29, 0.717) is 6.61 Å². The van der Waals surface area contributed by atoms with Crippen molar-refractivity contribution < 1.29 is 9.84 Å². The van der Waals surface area contributed by atoms with Crippen LogP contribution in [0.3, 0.4) is 0 Å². The zero-order valence-corrected chi connectivity index (χ0v) is 8.46. The minimum atomic E-state index is -0.571. The standard InChI is InChI=1S/C10H21NO2/c1-10(11,7-12)8-13-6-9-4-2-3-5-9/h9,12H,2-8,11H2,1H3. The fraction of sp³-hybridized carbons (Fsp3) is 1.00. The summed E-state index contributed by atoms with van der Waals surface area (Å²) < 4.78 is 5.49. The lowest BCUT2D eigenvalue weighted by atomic mass is 10.1. The van der Waals surface area contributed by atoms with Crippen molar-refractivity contribution in [3.05, 3.63) is 0 Å². The first-order valence-electron chi connectivity index (χ1n) is 5.11. The van der Waals surface area contributed by atoms with E-state index in [1.54, 1.807) is 0 Å². The maximum Gasteiger partial charge on any atom is 0.0666 e. The summed E-state index contributed by atoms with van der Waals surface area (Å²) in [6.07, 6.45) is 5.27. The van der Waals surface area contributed by atoms with Crippen LogP contribution in [0.25, 0.3) is 0 Å². The molecule has 1 fully saturated rings. The van der Waals surface area contributed by atoms with Crippen LogP contribution in [0.15, 0.2) is 0 Å². The first-order chi connectivity index (χ1) is 6.14. The molecule has 1 aliphatic carbocycles. The number of nitrogens with two attached hydrogens (primary N) is 1. The van der Waals surface area contributed by atoms with E-state index in [-0.39, 0.29) is 6.61 Å². The Balaban J connectivity index is 2.06. The van der Waals surface area contributed by atoms with Gasteiger partial charge in [0.2, 0.25) is 0 Å². The SMILES string of the molecule is CC(N)(CO)COCC1CCCC1. The van der Waals surface area contributed by atoms with Crippen molar-refractivity contribution in [3.63, 3.8) is 0 Å². The monoisotopic (exact) mass is 187 g/mol. The van der Waals surface area contributed by atoms with Crippen molar-refractivity contribution >= 4 is 0 Å². The Hall–Kier alpha value is -0.120. The molecule has 1 unspecified atom stereocenters. The third kappa shape index (κ3) is 4.07. The highest BCUT2D eigenvalue weighted by molar-refractivity contribution is 4.77. The van der Waals surface area contributed by atoms with Gasteiger partial charge in [-0.3, -0.25) is 0 Å². The summed E-state index contributed by atoms with van der Waals surface area (Å²) in [6, 6.07) is 0. The minimum Gasteiger partial charge on any atom is -0.394 e. The summed E-state index contributed by atoms with van der Waals surface area (Å²) >= 11 is 0. The van der Waals surface area contributed by atoms with Gasteiger partial charge in [0.05, 0.1) is 18.8 Å². The highest BCUT2D eigenvalue weighted by Crippen LogP contribution is 2.24. The van der Waals surface area contributed by atoms with Crippen molar-refractivity contribution in [2.75, 3.05) is 19.8 Å². The number of rotatable bonds is 5. The van der Waals surface area contributed by atoms with Crippen LogP contribution < -0.4 is 5.73 Å². The Bertz CT molecular complexity index is 142. The molecule has 3 nitrogen and oxygen atoms in total. The third-order valence-corrected chi connectivity index (χ3v) is 2.62. The Kier molecular flexibility index (Phi) is 4.16. The molecule has 0 spiro atoms. The fourth-order valence-electron chi connectivity index (χ4n) is 1.68.